The summed E-state index contributed by atoms with van der Waals surface area (Å²) in [5.41, 5.74) is 1.15. The van der Waals surface area contributed by atoms with Gasteiger partial charge in [0.1, 0.15) is 0 Å². The van der Waals surface area contributed by atoms with Gasteiger partial charge in [-0.15, -0.1) is 0 Å². The minimum atomic E-state index is -0.819. The molecule has 0 atom stereocenters. The average molecular weight is 186 g/mol. The Hall–Kier alpha value is -0.440. The number of carboxylic acid groups (broad SMARTS) is 1. The summed E-state index contributed by atoms with van der Waals surface area (Å²) in [7, 11) is 0. The van der Waals surface area contributed by atoms with Crippen LogP contribution < -0.4 is 0 Å². The van der Waals surface area contributed by atoms with Crippen LogP contribution >= 0.6 is 11.8 Å². The third kappa shape index (κ3) is 2.27. The van der Waals surface area contributed by atoms with Crippen LogP contribution in [-0.4, -0.2) is 22.6 Å². The van der Waals surface area contributed by atoms with Crippen LogP contribution in [0.15, 0.2) is 11.6 Å². The van der Waals surface area contributed by atoms with Crippen molar-refractivity contribution < 1.29 is 9.90 Å². The van der Waals surface area contributed by atoms with E-state index in [-0.39, 0.29) is 5.41 Å². The van der Waals surface area contributed by atoms with Crippen LogP contribution in [-0.2, 0) is 4.79 Å². The molecule has 1 rings (SSSR count). The summed E-state index contributed by atoms with van der Waals surface area (Å²) in [5, 5.41) is 8.61. The molecule has 0 radical (unpaired) electrons. The summed E-state index contributed by atoms with van der Waals surface area (Å²) in [6.07, 6.45) is 2.45. The first-order chi connectivity index (χ1) is 5.52. The van der Waals surface area contributed by atoms with Gasteiger partial charge in [0.05, 0.1) is 0 Å². The third-order valence-corrected chi connectivity index (χ3v) is 3.30. The molecule has 1 heterocycles. The molecule has 0 spiro atoms. The zero-order valence-electron chi connectivity index (χ0n) is 7.46. The molecule has 68 valence electrons. The standard InChI is InChI=1S/C9H14O2S/c1-9(2)3-4-12-6-7(9)5-8(10)11/h5H,3-4,6H2,1-2H3,(H,10,11). The Morgan fingerprint density at radius 2 is 2.33 bits per heavy atom. The normalized spacial score (nSPS) is 25.7. The number of thioether (sulfide) groups is 1. The first kappa shape index (κ1) is 9.65. The van der Waals surface area contributed by atoms with E-state index in [1.54, 1.807) is 0 Å². The molecule has 0 unspecified atom stereocenters. The predicted molar refractivity (Wildman–Crippen MR) is 51.4 cm³/mol. The lowest BCUT2D eigenvalue weighted by atomic mass is 9.82. The number of carbonyl (C=O) groups is 1. The Balaban J connectivity index is 2.79. The van der Waals surface area contributed by atoms with E-state index in [0.717, 1.165) is 23.5 Å². The molecule has 1 fully saturated rings. The fourth-order valence-electron chi connectivity index (χ4n) is 1.25. The van der Waals surface area contributed by atoms with E-state index in [4.69, 9.17) is 5.11 Å². The lowest BCUT2D eigenvalue weighted by molar-refractivity contribution is -0.131. The highest BCUT2D eigenvalue weighted by molar-refractivity contribution is 7.99. The second kappa shape index (κ2) is 3.52. The predicted octanol–water partition coefficient (Wildman–Crippen LogP) is 2.16. The Morgan fingerprint density at radius 1 is 1.67 bits per heavy atom. The quantitative estimate of drug-likeness (QED) is 0.638. The van der Waals surface area contributed by atoms with Gasteiger partial charge in [0.2, 0.25) is 0 Å². The number of aliphatic carboxylic acids is 1. The van der Waals surface area contributed by atoms with Crippen molar-refractivity contribution in [2.24, 2.45) is 5.41 Å². The van der Waals surface area contributed by atoms with Gasteiger partial charge in [-0.05, 0) is 23.2 Å². The highest BCUT2D eigenvalue weighted by Crippen LogP contribution is 2.38. The average Bonchev–Trinajstić information content (AvgIpc) is 1.92. The zero-order valence-corrected chi connectivity index (χ0v) is 8.28. The first-order valence-corrected chi connectivity index (χ1v) is 5.19. The molecule has 0 aromatic heterocycles. The molecule has 2 nitrogen and oxygen atoms in total. The molecule has 1 aliphatic heterocycles. The maximum atomic E-state index is 10.5. The van der Waals surface area contributed by atoms with Crippen molar-refractivity contribution in [3.8, 4) is 0 Å². The van der Waals surface area contributed by atoms with Crippen LogP contribution in [0.3, 0.4) is 0 Å². The summed E-state index contributed by atoms with van der Waals surface area (Å²) < 4.78 is 0. The SMILES string of the molecule is CC1(C)CCSCC1=CC(=O)O. The zero-order chi connectivity index (χ0) is 9.19. The molecule has 0 aromatic rings. The van der Waals surface area contributed by atoms with Gasteiger partial charge in [0.25, 0.3) is 0 Å². The highest BCUT2D eigenvalue weighted by Gasteiger charge is 2.27. The molecule has 1 saturated heterocycles. The van der Waals surface area contributed by atoms with Gasteiger partial charge in [0.15, 0.2) is 0 Å². The van der Waals surface area contributed by atoms with Gasteiger partial charge in [-0.3, -0.25) is 0 Å². The van der Waals surface area contributed by atoms with Gasteiger partial charge in [-0.25, -0.2) is 4.79 Å². The van der Waals surface area contributed by atoms with Gasteiger partial charge in [0, 0.05) is 11.8 Å². The van der Waals surface area contributed by atoms with Gasteiger partial charge >= 0.3 is 5.97 Å². The molecule has 0 saturated carbocycles. The molecule has 0 bridgehead atoms. The maximum Gasteiger partial charge on any atom is 0.328 e. The van der Waals surface area contributed by atoms with Gasteiger partial charge in [-0.1, -0.05) is 13.8 Å². The smallest absolute Gasteiger partial charge is 0.328 e. The number of hydrogen-bond donors (Lipinski definition) is 1. The highest BCUT2D eigenvalue weighted by atomic mass is 32.2. The number of carboxylic acids is 1. The van der Waals surface area contributed by atoms with Crippen molar-refractivity contribution in [2.45, 2.75) is 20.3 Å². The van der Waals surface area contributed by atoms with E-state index in [9.17, 15) is 4.79 Å². The summed E-state index contributed by atoms with van der Waals surface area (Å²) in [5.74, 6) is 1.20. The minimum absolute atomic E-state index is 0.0869. The molecule has 3 heteroatoms. The molecule has 1 N–H and O–H groups in total. The topological polar surface area (TPSA) is 37.3 Å². The van der Waals surface area contributed by atoms with E-state index >= 15 is 0 Å². The van der Waals surface area contributed by atoms with Crippen LogP contribution in [0.5, 0.6) is 0 Å². The van der Waals surface area contributed by atoms with Crippen molar-refractivity contribution in [3.05, 3.63) is 11.6 Å². The molecular formula is C9H14O2S. The van der Waals surface area contributed by atoms with Crippen LogP contribution in [0.25, 0.3) is 0 Å². The number of hydrogen-bond acceptors (Lipinski definition) is 2. The van der Waals surface area contributed by atoms with Crippen LogP contribution in [0.2, 0.25) is 0 Å². The Kier molecular flexibility index (Phi) is 2.83. The molecule has 1 aliphatic rings. The van der Waals surface area contributed by atoms with Crippen molar-refractivity contribution in [1.29, 1.82) is 0 Å². The van der Waals surface area contributed by atoms with E-state index in [1.807, 2.05) is 11.8 Å². The Morgan fingerprint density at radius 3 is 2.83 bits per heavy atom. The van der Waals surface area contributed by atoms with Crippen molar-refractivity contribution in [1.82, 2.24) is 0 Å². The molecule has 0 aliphatic carbocycles. The van der Waals surface area contributed by atoms with Crippen LogP contribution in [0, 0.1) is 5.41 Å². The number of rotatable bonds is 1. The van der Waals surface area contributed by atoms with Crippen LogP contribution in [0.1, 0.15) is 20.3 Å². The van der Waals surface area contributed by atoms with Crippen molar-refractivity contribution in [3.63, 3.8) is 0 Å². The maximum absolute atomic E-state index is 10.5. The second-order valence-electron chi connectivity index (χ2n) is 3.69. The lowest BCUT2D eigenvalue weighted by Gasteiger charge is -2.32. The van der Waals surface area contributed by atoms with E-state index in [0.29, 0.717) is 0 Å². The fourth-order valence-corrected chi connectivity index (χ4v) is 2.74. The minimum Gasteiger partial charge on any atom is -0.478 e. The van der Waals surface area contributed by atoms with E-state index in [2.05, 4.69) is 13.8 Å². The van der Waals surface area contributed by atoms with Gasteiger partial charge in [-0.2, -0.15) is 11.8 Å². The first-order valence-electron chi connectivity index (χ1n) is 4.04. The Labute approximate surface area is 77.0 Å². The molecule has 0 amide bonds. The molecule has 12 heavy (non-hydrogen) atoms. The largest absolute Gasteiger partial charge is 0.478 e. The van der Waals surface area contributed by atoms with Crippen LogP contribution in [0.4, 0.5) is 0 Å². The summed E-state index contributed by atoms with van der Waals surface area (Å²) in [4.78, 5) is 10.5. The van der Waals surface area contributed by atoms with E-state index < -0.39 is 5.97 Å². The van der Waals surface area contributed by atoms with Crippen molar-refractivity contribution >= 4 is 17.7 Å². The third-order valence-electron chi connectivity index (χ3n) is 2.30. The second-order valence-corrected chi connectivity index (χ2v) is 4.80. The van der Waals surface area contributed by atoms with Crippen molar-refractivity contribution in [2.75, 3.05) is 11.5 Å². The Bertz CT molecular complexity index is 219. The summed E-state index contributed by atoms with van der Waals surface area (Å²) >= 11 is 1.82. The monoisotopic (exact) mass is 186 g/mol. The lowest BCUT2D eigenvalue weighted by Crippen LogP contribution is -2.23. The molecular weight excluding hydrogens is 172 g/mol. The summed E-state index contributed by atoms with van der Waals surface area (Å²) in [6.45, 7) is 4.23. The van der Waals surface area contributed by atoms with E-state index in [1.165, 1.54) is 6.08 Å². The van der Waals surface area contributed by atoms with Gasteiger partial charge < -0.3 is 5.11 Å². The summed E-state index contributed by atoms with van der Waals surface area (Å²) in [6, 6.07) is 0. The molecule has 0 aromatic carbocycles. The fraction of sp³-hybridized carbons (Fsp3) is 0.667.